The predicted molar refractivity (Wildman–Crippen MR) is 362 cm³/mol. The molecule has 3 fully saturated rings. The Hall–Kier alpha value is -2.53. The number of amides is 2. The van der Waals surface area contributed by atoms with Gasteiger partial charge < -0.3 is 100 Å². The Morgan fingerprint density at radius 3 is 1.42 bits per heavy atom. The van der Waals surface area contributed by atoms with Crippen molar-refractivity contribution in [3.63, 3.8) is 0 Å². The molecule has 0 aliphatic carbocycles. The highest BCUT2D eigenvalue weighted by Crippen LogP contribution is 2.39. The molecule has 3 aliphatic heterocycles. The maximum Gasteiger partial charge on any atom is 0.364 e. The summed E-state index contributed by atoms with van der Waals surface area (Å²) >= 11 is 0. The van der Waals surface area contributed by atoms with Gasteiger partial charge in [0, 0.05) is 19.8 Å². The highest BCUT2D eigenvalue weighted by Gasteiger charge is 2.60. The highest BCUT2D eigenvalue weighted by atomic mass is 16.8. The van der Waals surface area contributed by atoms with Crippen molar-refractivity contribution in [1.29, 1.82) is 0 Å². The fourth-order valence-corrected chi connectivity index (χ4v) is 13.2. The Bertz CT molecular complexity index is 1960. The van der Waals surface area contributed by atoms with Crippen LogP contribution in [-0.4, -0.2) is 215 Å². The van der Waals surface area contributed by atoms with Crippen LogP contribution in [0.2, 0.25) is 0 Å². The number of carbonyl (C=O) groups is 3. The summed E-state index contributed by atoms with van der Waals surface area (Å²) in [6.07, 6.45) is 23.5. The maximum atomic E-state index is 13.5. The smallest absolute Gasteiger partial charge is 0.364 e. The van der Waals surface area contributed by atoms with E-state index in [4.69, 9.17) is 28.4 Å². The molecule has 14 N–H and O–H groups in total. The van der Waals surface area contributed by atoms with Crippen molar-refractivity contribution in [1.82, 2.24) is 10.6 Å². The third kappa shape index (κ3) is 34.1. The molecule has 558 valence electrons. The number of carboxylic acids is 1. The largest absolute Gasteiger partial charge is 0.477 e. The number of carboxylic acid groups (broad SMARTS) is 1. The summed E-state index contributed by atoms with van der Waals surface area (Å²) in [4.78, 5) is 38.6. The van der Waals surface area contributed by atoms with Gasteiger partial charge in [-0.05, 0) is 38.5 Å². The van der Waals surface area contributed by atoms with E-state index in [2.05, 4.69) is 36.6 Å². The molecule has 0 aromatic rings. The lowest BCUT2D eigenvalue weighted by atomic mass is 9.88. The Balaban J connectivity index is 1.54. The summed E-state index contributed by atoms with van der Waals surface area (Å²) < 4.78 is 34.9. The molecule has 0 aromatic carbocycles. The molecule has 18 unspecified atom stereocenters. The number of allylic oxidation sites excluding steroid dienone is 2. The Labute approximate surface area is 569 Å². The van der Waals surface area contributed by atoms with Crippen LogP contribution in [0, 0.1) is 0 Å². The molecule has 3 rings (SSSR count). The molecule has 2 amide bonds. The SMILES string of the molecule is CCCCCCCCCCCCCC/C=C\CCCCCCCCCCCC(=O)NC(COC1OC(CO)C(OC2OC(CO)C(O)C(OC3(C(=O)O)CC(O)C(NC(C)=O)C(C(O)C(O)CO)O3)C2O)C(O)C1O)C(O)CCCCCCCCCCCCCCCCCC. The zero-order chi connectivity index (χ0) is 69.6. The van der Waals surface area contributed by atoms with E-state index in [0.29, 0.717) is 19.3 Å². The monoisotopic (exact) mass is 1360 g/mol. The van der Waals surface area contributed by atoms with Gasteiger partial charge >= 0.3 is 5.97 Å². The quantitative estimate of drug-likeness (QED) is 0.0201. The number of aliphatic hydroxyl groups excluding tert-OH is 11. The zero-order valence-corrected chi connectivity index (χ0v) is 58.5. The summed E-state index contributed by atoms with van der Waals surface area (Å²) in [6, 6.07) is -2.53. The first-order valence-electron chi connectivity index (χ1n) is 37.5. The average Bonchev–Trinajstić information content (AvgIpc) is 0.758. The number of unbranched alkanes of at least 4 members (excludes halogenated alkanes) is 36. The molecule has 3 aliphatic rings. The second kappa shape index (κ2) is 52.5. The summed E-state index contributed by atoms with van der Waals surface area (Å²) in [5.74, 6) is -6.10. The predicted octanol–water partition coefficient (Wildman–Crippen LogP) is 8.24. The number of hydrogen-bond donors (Lipinski definition) is 14. The Kier molecular flexibility index (Phi) is 47.9. The molecule has 23 nitrogen and oxygen atoms in total. The lowest BCUT2D eigenvalue weighted by Crippen LogP contribution is -2.70. The van der Waals surface area contributed by atoms with Gasteiger partial charge in [-0.25, -0.2) is 4.79 Å². The molecule has 0 aromatic heterocycles. The van der Waals surface area contributed by atoms with Crippen LogP contribution in [0.4, 0.5) is 0 Å². The van der Waals surface area contributed by atoms with E-state index in [1.165, 1.54) is 180 Å². The molecule has 23 heteroatoms. The van der Waals surface area contributed by atoms with Gasteiger partial charge in [-0.3, -0.25) is 9.59 Å². The first-order chi connectivity index (χ1) is 45.9. The lowest BCUT2D eigenvalue weighted by molar-refractivity contribution is -0.386. The van der Waals surface area contributed by atoms with Gasteiger partial charge in [0.2, 0.25) is 11.8 Å². The van der Waals surface area contributed by atoms with E-state index in [0.717, 1.165) is 64.7 Å². The van der Waals surface area contributed by atoms with Crippen molar-refractivity contribution in [2.75, 3.05) is 26.4 Å². The summed E-state index contributed by atoms with van der Waals surface area (Å²) in [5, 5.41) is 136. The standard InChI is InChI=1S/C72H134N2O21/c1-4-6-8-10-12-14-16-18-20-22-23-24-25-26-27-28-29-30-32-34-36-38-40-42-44-46-59(82)74-53(54(79)45-43-41-39-37-35-33-31-21-19-17-15-13-11-9-7-5-2)51-90-69-64(86)63(85)66(58(50-77)92-69)93-70-65(87)68(62(84)57(49-76)91-70)95-72(71(88)89)47-55(80)60(73-52(3)78)67(94-72)61(83)56(81)48-75/h26-27,53-58,60-70,75-77,79-81,83-87H,4-25,28-51H2,1-3H3,(H,73,78)(H,74,82)(H,88,89)/b27-26-. The van der Waals surface area contributed by atoms with Gasteiger partial charge in [-0.1, -0.05) is 244 Å². The molecule has 95 heavy (non-hydrogen) atoms. The number of aliphatic carboxylic acids is 1. The Morgan fingerprint density at radius 1 is 0.537 bits per heavy atom. The van der Waals surface area contributed by atoms with Crippen LogP contribution in [0.15, 0.2) is 12.2 Å². The minimum absolute atomic E-state index is 0.223. The van der Waals surface area contributed by atoms with Crippen LogP contribution < -0.4 is 10.6 Å². The van der Waals surface area contributed by atoms with E-state index >= 15 is 0 Å². The summed E-state index contributed by atoms with van der Waals surface area (Å²) in [5.41, 5.74) is 0. The molecular formula is C72H134N2O21. The minimum Gasteiger partial charge on any atom is -0.477 e. The van der Waals surface area contributed by atoms with Gasteiger partial charge in [-0.15, -0.1) is 0 Å². The summed E-state index contributed by atoms with van der Waals surface area (Å²) in [7, 11) is 0. The van der Waals surface area contributed by atoms with E-state index in [1.807, 2.05) is 0 Å². The van der Waals surface area contributed by atoms with Crippen molar-refractivity contribution >= 4 is 17.8 Å². The Morgan fingerprint density at radius 2 is 0.979 bits per heavy atom. The van der Waals surface area contributed by atoms with Crippen molar-refractivity contribution in [3.8, 4) is 0 Å². The third-order valence-electron chi connectivity index (χ3n) is 19.2. The third-order valence-corrected chi connectivity index (χ3v) is 19.2. The molecule has 0 radical (unpaired) electrons. The average molecular weight is 1360 g/mol. The molecule has 0 bridgehead atoms. The van der Waals surface area contributed by atoms with Gasteiger partial charge in [0.15, 0.2) is 12.6 Å². The van der Waals surface area contributed by atoms with Crippen molar-refractivity contribution in [2.45, 2.75) is 400 Å². The number of nitrogens with one attached hydrogen (secondary N) is 2. The number of rotatable bonds is 58. The van der Waals surface area contributed by atoms with E-state index in [-0.39, 0.29) is 18.9 Å². The molecule has 3 saturated heterocycles. The van der Waals surface area contributed by atoms with Crippen LogP contribution in [0.5, 0.6) is 0 Å². The van der Waals surface area contributed by atoms with Gasteiger partial charge in [0.05, 0.1) is 50.7 Å². The maximum absolute atomic E-state index is 13.5. The number of aliphatic hydroxyl groups is 11. The fourth-order valence-electron chi connectivity index (χ4n) is 13.2. The van der Waals surface area contributed by atoms with E-state index < -0.39 is 148 Å². The van der Waals surface area contributed by atoms with Crippen LogP contribution >= 0.6 is 0 Å². The van der Waals surface area contributed by atoms with Crippen LogP contribution in [0.3, 0.4) is 0 Å². The second-order valence-electron chi connectivity index (χ2n) is 27.5. The first-order valence-corrected chi connectivity index (χ1v) is 37.5. The number of carbonyl (C=O) groups excluding carboxylic acids is 2. The fraction of sp³-hybridized carbons (Fsp3) is 0.931. The molecule has 18 atom stereocenters. The van der Waals surface area contributed by atoms with Crippen molar-refractivity contribution in [3.05, 3.63) is 12.2 Å². The van der Waals surface area contributed by atoms with Gasteiger partial charge in [-0.2, -0.15) is 0 Å². The van der Waals surface area contributed by atoms with Crippen molar-refractivity contribution < 1.29 is 104 Å². The topological polar surface area (TPSA) is 373 Å². The number of ether oxygens (including phenoxy) is 6. The second-order valence-corrected chi connectivity index (χ2v) is 27.5. The number of hydrogen-bond acceptors (Lipinski definition) is 20. The zero-order valence-electron chi connectivity index (χ0n) is 58.5. The van der Waals surface area contributed by atoms with Crippen molar-refractivity contribution in [2.24, 2.45) is 0 Å². The van der Waals surface area contributed by atoms with E-state index in [1.54, 1.807) is 0 Å². The normalized spacial score (nSPS) is 27.7. The highest BCUT2D eigenvalue weighted by molar-refractivity contribution is 5.77. The summed E-state index contributed by atoms with van der Waals surface area (Å²) in [6.45, 7) is 2.23. The van der Waals surface area contributed by atoms with Crippen LogP contribution in [0.25, 0.3) is 0 Å². The molecular weight excluding hydrogens is 1230 g/mol. The lowest BCUT2D eigenvalue weighted by Gasteiger charge is -2.50. The van der Waals surface area contributed by atoms with Crippen LogP contribution in [0.1, 0.15) is 290 Å². The van der Waals surface area contributed by atoms with Gasteiger partial charge in [0.25, 0.3) is 5.79 Å². The van der Waals surface area contributed by atoms with Crippen LogP contribution in [-0.2, 0) is 42.8 Å². The molecule has 0 spiro atoms. The van der Waals surface area contributed by atoms with Gasteiger partial charge in [0.1, 0.15) is 67.1 Å². The van der Waals surface area contributed by atoms with E-state index in [9.17, 15) is 75.7 Å². The molecule has 0 saturated carbocycles. The minimum atomic E-state index is -3.08. The first kappa shape index (κ1) is 86.7. The molecule has 3 heterocycles.